The smallest absolute Gasteiger partial charge is 0.253 e. The van der Waals surface area contributed by atoms with Crippen molar-refractivity contribution in [2.24, 2.45) is 0 Å². The number of benzene rings is 1. The molecule has 25 heavy (non-hydrogen) atoms. The average Bonchev–Trinajstić information content (AvgIpc) is 3.22. The molecule has 1 N–H and O–H groups in total. The summed E-state index contributed by atoms with van der Waals surface area (Å²) in [5, 5.41) is 3.35. The monoisotopic (exact) mass is 419 g/mol. The maximum Gasteiger partial charge on any atom is 0.253 e. The Kier molecular flexibility index (Phi) is 5.63. The molecule has 5 nitrogen and oxygen atoms in total. The fourth-order valence-corrected chi connectivity index (χ4v) is 6.33. The maximum atomic E-state index is 12.9. The molecule has 2 aliphatic rings. The zero-order chi connectivity index (χ0) is 16.7. The minimum Gasteiger partial charge on any atom is -0.369 e. The molecule has 0 spiro atoms. The van der Waals surface area contributed by atoms with E-state index in [1.807, 2.05) is 12.1 Å². The summed E-state index contributed by atoms with van der Waals surface area (Å²) in [6, 6.07) is 9.37. The Morgan fingerprint density at radius 3 is 2.52 bits per heavy atom. The third-order valence-electron chi connectivity index (χ3n) is 4.53. The average molecular weight is 420 g/mol. The van der Waals surface area contributed by atoms with Crippen LogP contribution < -0.4 is 10.2 Å². The Morgan fingerprint density at radius 2 is 1.84 bits per heavy atom. The third-order valence-corrected chi connectivity index (χ3v) is 8.02. The largest absolute Gasteiger partial charge is 0.369 e. The van der Waals surface area contributed by atoms with Gasteiger partial charge in [0.05, 0.1) is 4.34 Å². The standard InChI is InChI=1S/C16H18ClN3O2S2.ClH/c17-15-4-5-16(23-15)24(21,22)20-10-12-2-1-3-14(13(12)11-20)19-8-6-18-7-9-19;/h1-5,18H,6-11H2;1H. The first-order valence-electron chi connectivity index (χ1n) is 7.87. The number of piperazine rings is 1. The predicted octanol–water partition coefficient (Wildman–Crippen LogP) is 2.94. The highest BCUT2D eigenvalue weighted by Crippen LogP contribution is 2.36. The van der Waals surface area contributed by atoms with E-state index in [-0.39, 0.29) is 12.4 Å². The number of anilines is 1. The van der Waals surface area contributed by atoms with Crippen molar-refractivity contribution in [2.45, 2.75) is 17.3 Å². The molecule has 0 bridgehead atoms. The number of hydrogen-bond acceptors (Lipinski definition) is 5. The molecule has 2 aromatic rings. The fourth-order valence-electron chi connectivity index (χ4n) is 3.31. The van der Waals surface area contributed by atoms with Gasteiger partial charge in [-0.3, -0.25) is 0 Å². The van der Waals surface area contributed by atoms with Crippen LogP contribution in [0.15, 0.2) is 34.5 Å². The second-order valence-corrected chi connectivity index (χ2v) is 9.86. The van der Waals surface area contributed by atoms with Gasteiger partial charge < -0.3 is 10.2 Å². The molecule has 1 aromatic carbocycles. The first-order chi connectivity index (χ1) is 11.6. The summed E-state index contributed by atoms with van der Waals surface area (Å²) in [4.78, 5) is 2.34. The molecule has 1 saturated heterocycles. The number of nitrogens with zero attached hydrogens (tertiary/aromatic N) is 2. The van der Waals surface area contributed by atoms with Gasteiger partial charge in [-0.2, -0.15) is 4.31 Å². The van der Waals surface area contributed by atoms with E-state index < -0.39 is 10.0 Å². The van der Waals surface area contributed by atoms with Crippen molar-refractivity contribution < 1.29 is 8.42 Å². The number of sulfonamides is 1. The molecule has 136 valence electrons. The Labute approximate surface area is 163 Å². The number of fused-ring (bicyclic) bond motifs is 1. The van der Waals surface area contributed by atoms with Gasteiger partial charge >= 0.3 is 0 Å². The van der Waals surface area contributed by atoms with Gasteiger partial charge in [-0.25, -0.2) is 8.42 Å². The van der Waals surface area contributed by atoms with Gasteiger partial charge in [0.2, 0.25) is 0 Å². The minimum atomic E-state index is -3.50. The van der Waals surface area contributed by atoms with E-state index in [1.165, 1.54) is 0 Å². The Hall–Kier alpha value is -0.830. The highest BCUT2D eigenvalue weighted by atomic mass is 35.5. The van der Waals surface area contributed by atoms with Crippen LogP contribution in [0.1, 0.15) is 11.1 Å². The molecule has 9 heteroatoms. The lowest BCUT2D eigenvalue weighted by Gasteiger charge is -2.31. The van der Waals surface area contributed by atoms with E-state index in [9.17, 15) is 8.42 Å². The van der Waals surface area contributed by atoms with Crippen LogP contribution in [0.2, 0.25) is 4.34 Å². The van der Waals surface area contributed by atoms with Gasteiger partial charge in [0.15, 0.2) is 0 Å². The maximum absolute atomic E-state index is 12.9. The molecule has 1 fully saturated rings. The Morgan fingerprint density at radius 1 is 1.08 bits per heavy atom. The second-order valence-electron chi connectivity index (χ2n) is 5.98. The minimum absolute atomic E-state index is 0. The van der Waals surface area contributed by atoms with Crippen LogP contribution in [-0.4, -0.2) is 38.9 Å². The third kappa shape index (κ3) is 3.54. The molecular weight excluding hydrogens is 401 g/mol. The van der Waals surface area contributed by atoms with Crippen LogP contribution >= 0.6 is 35.3 Å². The molecule has 2 aliphatic heterocycles. The first-order valence-corrected chi connectivity index (χ1v) is 10.5. The summed E-state index contributed by atoms with van der Waals surface area (Å²) in [6.45, 7) is 4.66. The Bertz CT molecular complexity index is 864. The van der Waals surface area contributed by atoms with Gasteiger partial charge in [0.25, 0.3) is 10.0 Å². The number of nitrogens with one attached hydrogen (secondary N) is 1. The highest BCUT2D eigenvalue weighted by molar-refractivity contribution is 7.91. The zero-order valence-electron chi connectivity index (χ0n) is 13.4. The topological polar surface area (TPSA) is 52.7 Å². The van der Waals surface area contributed by atoms with E-state index >= 15 is 0 Å². The highest BCUT2D eigenvalue weighted by Gasteiger charge is 2.33. The van der Waals surface area contributed by atoms with Crippen molar-refractivity contribution in [1.82, 2.24) is 9.62 Å². The van der Waals surface area contributed by atoms with E-state index in [2.05, 4.69) is 16.3 Å². The molecule has 0 atom stereocenters. The number of rotatable bonds is 3. The van der Waals surface area contributed by atoms with Gasteiger partial charge in [-0.05, 0) is 29.3 Å². The van der Waals surface area contributed by atoms with Crippen molar-refractivity contribution in [3.8, 4) is 0 Å². The van der Waals surface area contributed by atoms with Crippen LogP contribution in [0.25, 0.3) is 0 Å². The normalized spacial score (nSPS) is 18.0. The molecule has 1 aromatic heterocycles. The summed E-state index contributed by atoms with van der Waals surface area (Å²) < 4.78 is 28.1. The molecule has 0 saturated carbocycles. The molecule has 3 heterocycles. The van der Waals surface area contributed by atoms with Crippen molar-refractivity contribution in [2.75, 3.05) is 31.1 Å². The van der Waals surface area contributed by atoms with E-state index in [1.54, 1.807) is 16.4 Å². The SMILES string of the molecule is Cl.O=S(=O)(c1ccc(Cl)s1)N1Cc2cccc(N3CCNCC3)c2C1. The van der Waals surface area contributed by atoms with Gasteiger partial charge in [-0.1, -0.05) is 23.7 Å². The molecule has 0 radical (unpaired) electrons. The number of thiophene rings is 1. The van der Waals surface area contributed by atoms with Crippen LogP contribution in [0.5, 0.6) is 0 Å². The van der Waals surface area contributed by atoms with E-state index in [0.29, 0.717) is 21.6 Å². The molecule has 0 unspecified atom stereocenters. The Balaban J connectivity index is 0.00000182. The van der Waals surface area contributed by atoms with Crippen molar-refractivity contribution in [3.63, 3.8) is 0 Å². The summed E-state index contributed by atoms with van der Waals surface area (Å²) in [7, 11) is -3.50. The summed E-state index contributed by atoms with van der Waals surface area (Å²) in [5.74, 6) is 0. The summed E-state index contributed by atoms with van der Waals surface area (Å²) in [6.07, 6.45) is 0. The fraction of sp³-hybridized carbons (Fsp3) is 0.375. The first kappa shape index (κ1) is 18.9. The van der Waals surface area contributed by atoms with Crippen LogP contribution in [0, 0.1) is 0 Å². The van der Waals surface area contributed by atoms with Crippen LogP contribution in [0.3, 0.4) is 0 Å². The lowest BCUT2D eigenvalue weighted by molar-refractivity contribution is 0.433. The van der Waals surface area contributed by atoms with Crippen molar-refractivity contribution in [1.29, 1.82) is 0 Å². The molecular formula is C16H19Cl2N3O2S2. The summed E-state index contributed by atoms with van der Waals surface area (Å²) >= 11 is 7.02. The number of halogens is 2. The number of hydrogen-bond donors (Lipinski definition) is 1. The van der Waals surface area contributed by atoms with Crippen molar-refractivity contribution in [3.05, 3.63) is 45.8 Å². The van der Waals surface area contributed by atoms with E-state index in [0.717, 1.165) is 54.3 Å². The lowest BCUT2D eigenvalue weighted by atomic mass is 10.1. The predicted molar refractivity (Wildman–Crippen MR) is 105 cm³/mol. The van der Waals surface area contributed by atoms with Gasteiger partial charge in [0.1, 0.15) is 4.21 Å². The van der Waals surface area contributed by atoms with Crippen LogP contribution in [-0.2, 0) is 23.1 Å². The molecule has 0 aliphatic carbocycles. The van der Waals surface area contributed by atoms with Crippen molar-refractivity contribution >= 4 is 51.1 Å². The van der Waals surface area contributed by atoms with E-state index in [4.69, 9.17) is 11.6 Å². The van der Waals surface area contributed by atoms with Gasteiger partial charge in [-0.15, -0.1) is 23.7 Å². The summed E-state index contributed by atoms with van der Waals surface area (Å²) in [5.41, 5.74) is 3.39. The molecule has 4 rings (SSSR count). The quantitative estimate of drug-likeness (QED) is 0.830. The van der Waals surface area contributed by atoms with Crippen LogP contribution in [0.4, 0.5) is 5.69 Å². The molecule has 0 amide bonds. The lowest BCUT2D eigenvalue weighted by Crippen LogP contribution is -2.43. The second kappa shape index (κ2) is 7.42. The zero-order valence-corrected chi connectivity index (χ0v) is 16.6. The van der Waals surface area contributed by atoms with Gasteiger partial charge in [0, 0.05) is 45.0 Å².